The smallest absolute Gasteiger partial charge is 0.223 e. The van der Waals surface area contributed by atoms with Gasteiger partial charge in [-0.2, -0.15) is 0 Å². The fourth-order valence-electron chi connectivity index (χ4n) is 2.36. The number of anilines is 1. The Kier molecular flexibility index (Phi) is 6.53. The van der Waals surface area contributed by atoms with E-state index in [0.29, 0.717) is 16.3 Å². The van der Waals surface area contributed by atoms with Gasteiger partial charge in [0.2, 0.25) is 11.8 Å². The average Bonchev–Trinajstić information content (AvgIpc) is 2.57. The summed E-state index contributed by atoms with van der Waals surface area (Å²) in [5, 5.41) is 3.23. The van der Waals surface area contributed by atoms with E-state index in [4.69, 9.17) is 11.6 Å². The second-order valence-corrected chi connectivity index (χ2v) is 6.13. The molecule has 0 spiro atoms. The number of aryl methyl sites for hydroxylation is 1. The number of amides is 2. The van der Waals surface area contributed by atoms with Crippen LogP contribution in [0.4, 0.5) is 10.1 Å². The Morgan fingerprint density at radius 2 is 1.92 bits per heavy atom. The first-order chi connectivity index (χ1) is 11.9. The Bertz CT molecular complexity index is 780. The number of rotatable bonds is 6. The van der Waals surface area contributed by atoms with E-state index < -0.39 is 0 Å². The first-order valence-electron chi connectivity index (χ1n) is 7.93. The van der Waals surface area contributed by atoms with Gasteiger partial charge in [0.1, 0.15) is 5.82 Å². The molecule has 0 aliphatic carbocycles. The molecule has 0 aromatic heterocycles. The Hall–Kier alpha value is -2.40. The average molecular weight is 363 g/mol. The predicted molar refractivity (Wildman–Crippen MR) is 97.1 cm³/mol. The third-order valence-electron chi connectivity index (χ3n) is 3.84. The lowest BCUT2D eigenvalue weighted by Gasteiger charge is -2.21. The van der Waals surface area contributed by atoms with Gasteiger partial charge in [0.25, 0.3) is 0 Å². The van der Waals surface area contributed by atoms with Crippen LogP contribution in [0.5, 0.6) is 0 Å². The summed E-state index contributed by atoms with van der Waals surface area (Å²) >= 11 is 6.10. The molecule has 0 fully saturated rings. The Labute approximate surface area is 151 Å². The highest BCUT2D eigenvalue weighted by molar-refractivity contribution is 6.31. The summed E-state index contributed by atoms with van der Waals surface area (Å²) in [6.45, 7) is 3.64. The minimum atomic E-state index is -0.359. The Balaban J connectivity index is 1.94. The van der Waals surface area contributed by atoms with E-state index in [0.717, 1.165) is 5.56 Å². The van der Waals surface area contributed by atoms with Crippen molar-refractivity contribution in [1.29, 1.82) is 0 Å². The molecule has 6 heteroatoms. The highest BCUT2D eigenvalue weighted by atomic mass is 35.5. The number of halogens is 2. The quantitative estimate of drug-likeness (QED) is 0.848. The van der Waals surface area contributed by atoms with Crippen LogP contribution in [0.2, 0.25) is 5.02 Å². The molecule has 4 nitrogen and oxygen atoms in total. The molecule has 2 aromatic carbocycles. The summed E-state index contributed by atoms with van der Waals surface area (Å²) in [7, 11) is 0. The van der Waals surface area contributed by atoms with Gasteiger partial charge >= 0.3 is 0 Å². The van der Waals surface area contributed by atoms with Crippen LogP contribution in [0.3, 0.4) is 0 Å². The van der Waals surface area contributed by atoms with Gasteiger partial charge in [-0.3, -0.25) is 9.59 Å². The van der Waals surface area contributed by atoms with Crippen molar-refractivity contribution in [3.63, 3.8) is 0 Å². The summed E-state index contributed by atoms with van der Waals surface area (Å²) < 4.78 is 13.5. The van der Waals surface area contributed by atoms with Crippen LogP contribution in [0.15, 0.2) is 42.5 Å². The van der Waals surface area contributed by atoms with Crippen molar-refractivity contribution in [1.82, 2.24) is 5.32 Å². The molecule has 0 saturated heterocycles. The van der Waals surface area contributed by atoms with Gasteiger partial charge in [-0.05, 0) is 30.7 Å². The van der Waals surface area contributed by atoms with Gasteiger partial charge < -0.3 is 10.2 Å². The van der Waals surface area contributed by atoms with Crippen LogP contribution < -0.4 is 10.2 Å². The van der Waals surface area contributed by atoms with E-state index in [1.807, 2.05) is 13.0 Å². The zero-order chi connectivity index (χ0) is 18.4. The van der Waals surface area contributed by atoms with Gasteiger partial charge in [-0.25, -0.2) is 4.39 Å². The van der Waals surface area contributed by atoms with Crippen molar-refractivity contribution in [3.8, 4) is 0 Å². The van der Waals surface area contributed by atoms with Gasteiger partial charge in [0.05, 0.1) is 0 Å². The molecular formula is C19H20ClFN2O2. The van der Waals surface area contributed by atoms with Gasteiger partial charge in [0.15, 0.2) is 0 Å². The van der Waals surface area contributed by atoms with Crippen LogP contribution in [0.25, 0.3) is 0 Å². The SMILES string of the molecule is CC(=O)N(CCC(=O)NCc1ccccc1F)c1ccc(C)c(Cl)c1. The minimum absolute atomic E-state index is 0.111. The maximum Gasteiger partial charge on any atom is 0.223 e. The van der Waals surface area contributed by atoms with Crippen molar-refractivity contribution in [2.45, 2.75) is 26.8 Å². The van der Waals surface area contributed by atoms with E-state index in [9.17, 15) is 14.0 Å². The second-order valence-electron chi connectivity index (χ2n) is 5.72. The summed E-state index contributed by atoms with van der Waals surface area (Å²) in [5.74, 6) is -0.794. The third kappa shape index (κ3) is 5.29. The number of nitrogens with one attached hydrogen (secondary N) is 1. The molecule has 1 N–H and O–H groups in total. The fraction of sp³-hybridized carbons (Fsp3) is 0.263. The fourth-order valence-corrected chi connectivity index (χ4v) is 2.53. The molecule has 2 aromatic rings. The lowest BCUT2D eigenvalue weighted by molar-refractivity contribution is -0.121. The molecule has 0 aliphatic rings. The number of carbonyl (C=O) groups is 2. The predicted octanol–water partition coefficient (Wildman–Crippen LogP) is 3.85. The summed E-state index contributed by atoms with van der Waals surface area (Å²) in [6.07, 6.45) is 0.111. The lowest BCUT2D eigenvalue weighted by atomic mass is 10.2. The van der Waals surface area contributed by atoms with E-state index in [1.54, 1.807) is 30.3 Å². The zero-order valence-electron chi connectivity index (χ0n) is 14.2. The number of carbonyl (C=O) groups excluding carboxylic acids is 2. The number of benzene rings is 2. The number of hydrogen-bond acceptors (Lipinski definition) is 2. The number of hydrogen-bond donors (Lipinski definition) is 1. The highest BCUT2D eigenvalue weighted by Crippen LogP contribution is 2.23. The maximum absolute atomic E-state index is 13.5. The van der Waals surface area contributed by atoms with Crippen LogP contribution in [0.1, 0.15) is 24.5 Å². The molecule has 0 radical (unpaired) electrons. The molecular weight excluding hydrogens is 343 g/mol. The summed E-state index contributed by atoms with van der Waals surface area (Å²) in [6, 6.07) is 11.6. The molecule has 0 unspecified atom stereocenters. The van der Waals surface area contributed by atoms with Crippen molar-refractivity contribution in [2.75, 3.05) is 11.4 Å². The van der Waals surface area contributed by atoms with Crippen LogP contribution in [-0.4, -0.2) is 18.4 Å². The second kappa shape index (κ2) is 8.62. The molecule has 2 amide bonds. The van der Waals surface area contributed by atoms with Gasteiger partial charge in [0, 0.05) is 42.7 Å². The van der Waals surface area contributed by atoms with E-state index in [1.165, 1.54) is 17.9 Å². The zero-order valence-corrected chi connectivity index (χ0v) is 14.9. The molecule has 25 heavy (non-hydrogen) atoms. The standard InChI is InChI=1S/C19H20ClFN2O2/c1-13-7-8-16(11-17(13)20)23(14(2)24)10-9-19(25)22-12-15-5-3-4-6-18(15)21/h3-8,11H,9-10,12H2,1-2H3,(H,22,25). The largest absolute Gasteiger partial charge is 0.352 e. The molecule has 0 atom stereocenters. The van der Waals surface area contributed by atoms with Crippen molar-refractivity contribution >= 4 is 29.1 Å². The van der Waals surface area contributed by atoms with Crippen LogP contribution in [-0.2, 0) is 16.1 Å². The monoisotopic (exact) mass is 362 g/mol. The van der Waals surface area contributed by atoms with Crippen LogP contribution >= 0.6 is 11.6 Å². The van der Waals surface area contributed by atoms with Gasteiger partial charge in [-0.1, -0.05) is 35.9 Å². The van der Waals surface area contributed by atoms with Crippen molar-refractivity contribution in [3.05, 3.63) is 64.4 Å². The Morgan fingerprint density at radius 3 is 2.56 bits per heavy atom. The molecule has 132 valence electrons. The van der Waals surface area contributed by atoms with E-state index >= 15 is 0 Å². The van der Waals surface area contributed by atoms with Gasteiger partial charge in [-0.15, -0.1) is 0 Å². The van der Waals surface area contributed by atoms with Crippen molar-refractivity contribution in [2.24, 2.45) is 0 Å². The molecule has 2 rings (SSSR count). The molecule has 0 bridgehead atoms. The number of nitrogens with zero attached hydrogens (tertiary/aromatic N) is 1. The first kappa shape index (κ1) is 18.9. The molecule has 0 saturated carbocycles. The topological polar surface area (TPSA) is 49.4 Å². The lowest BCUT2D eigenvalue weighted by Crippen LogP contribution is -2.33. The van der Waals surface area contributed by atoms with E-state index in [-0.39, 0.29) is 37.1 Å². The van der Waals surface area contributed by atoms with Crippen LogP contribution in [0, 0.1) is 12.7 Å². The Morgan fingerprint density at radius 1 is 1.20 bits per heavy atom. The van der Waals surface area contributed by atoms with E-state index in [2.05, 4.69) is 5.32 Å². The summed E-state index contributed by atoms with van der Waals surface area (Å²) in [5.41, 5.74) is 1.98. The maximum atomic E-state index is 13.5. The highest BCUT2D eigenvalue weighted by Gasteiger charge is 2.14. The molecule has 0 aliphatic heterocycles. The van der Waals surface area contributed by atoms with Crippen molar-refractivity contribution < 1.29 is 14.0 Å². The minimum Gasteiger partial charge on any atom is -0.352 e. The first-order valence-corrected chi connectivity index (χ1v) is 8.30. The third-order valence-corrected chi connectivity index (χ3v) is 4.25. The summed E-state index contributed by atoms with van der Waals surface area (Å²) in [4.78, 5) is 25.4. The normalized spacial score (nSPS) is 10.4. The molecule has 0 heterocycles.